The van der Waals surface area contributed by atoms with Crippen molar-refractivity contribution in [3.63, 3.8) is 0 Å². The van der Waals surface area contributed by atoms with Gasteiger partial charge in [0, 0.05) is 30.7 Å². The normalized spacial score (nSPS) is 17.1. The molecular formula is C22H26N4O4S2. The van der Waals surface area contributed by atoms with Gasteiger partial charge in [0.15, 0.2) is 0 Å². The number of rotatable bonds is 6. The third-order valence-electron chi connectivity index (χ3n) is 5.51. The molecule has 8 nitrogen and oxygen atoms in total. The highest BCUT2D eigenvalue weighted by Gasteiger charge is 2.41. The fourth-order valence-corrected chi connectivity index (χ4v) is 7.08. The smallest absolute Gasteiger partial charge is 0.324 e. The van der Waals surface area contributed by atoms with Crippen LogP contribution in [0.3, 0.4) is 0 Å². The fourth-order valence-electron chi connectivity index (χ4n) is 4.23. The third kappa shape index (κ3) is 4.35. The molecule has 10 heteroatoms. The summed E-state index contributed by atoms with van der Waals surface area (Å²) >= 11 is 1.44. The Kier molecular flexibility index (Phi) is 6.19. The van der Waals surface area contributed by atoms with Crippen molar-refractivity contribution in [2.75, 3.05) is 6.54 Å². The minimum absolute atomic E-state index is 0.00255. The maximum Gasteiger partial charge on any atom is 0.324 e. The van der Waals surface area contributed by atoms with E-state index in [0.29, 0.717) is 36.2 Å². The number of esters is 1. The van der Waals surface area contributed by atoms with Crippen LogP contribution in [0.5, 0.6) is 0 Å². The molecule has 0 spiro atoms. The van der Waals surface area contributed by atoms with E-state index in [0.717, 1.165) is 16.1 Å². The summed E-state index contributed by atoms with van der Waals surface area (Å²) in [6, 6.07) is 2.88. The van der Waals surface area contributed by atoms with Crippen molar-refractivity contribution in [1.82, 2.24) is 19.1 Å². The van der Waals surface area contributed by atoms with E-state index in [-0.39, 0.29) is 11.5 Å². The van der Waals surface area contributed by atoms with Gasteiger partial charge in [-0.1, -0.05) is 17.7 Å². The minimum Gasteiger partial charge on any atom is -0.458 e. The van der Waals surface area contributed by atoms with Gasteiger partial charge in [-0.15, -0.1) is 11.3 Å². The van der Waals surface area contributed by atoms with E-state index in [4.69, 9.17) is 4.74 Å². The van der Waals surface area contributed by atoms with Gasteiger partial charge in [-0.25, -0.2) is 13.4 Å². The van der Waals surface area contributed by atoms with Crippen LogP contribution in [0, 0.1) is 20.8 Å². The Morgan fingerprint density at radius 2 is 1.97 bits per heavy atom. The van der Waals surface area contributed by atoms with Crippen LogP contribution in [0.1, 0.15) is 35.2 Å². The number of benzene rings is 1. The summed E-state index contributed by atoms with van der Waals surface area (Å²) in [5.41, 5.74) is 3.90. The zero-order chi connectivity index (χ0) is 23.0. The number of thiazole rings is 1. The molecule has 1 aliphatic rings. The number of carbonyl (C=O) groups excluding carboxylic acids is 1. The molecule has 0 aliphatic carbocycles. The van der Waals surface area contributed by atoms with Gasteiger partial charge in [-0.2, -0.15) is 9.40 Å². The van der Waals surface area contributed by atoms with Crippen LogP contribution in [0.2, 0.25) is 0 Å². The largest absolute Gasteiger partial charge is 0.458 e. The lowest BCUT2D eigenvalue weighted by molar-refractivity contribution is -0.148. The number of nitrogens with zero attached hydrogens (tertiary/aromatic N) is 4. The van der Waals surface area contributed by atoms with Gasteiger partial charge in [0.1, 0.15) is 17.7 Å². The molecule has 1 unspecified atom stereocenters. The Bertz CT molecular complexity index is 1240. The number of sulfonamides is 1. The van der Waals surface area contributed by atoms with Crippen LogP contribution in [0.4, 0.5) is 0 Å². The van der Waals surface area contributed by atoms with E-state index < -0.39 is 22.0 Å². The number of hydrogen-bond donors (Lipinski definition) is 0. The van der Waals surface area contributed by atoms with Crippen molar-refractivity contribution >= 4 is 27.3 Å². The Balaban J connectivity index is 1.48. The molecule has 3 heterocycles. The fraction of sp³-hybridized carbons (Fsp3) is 0.409. The molecule has 0 bridgehead atoms. The Labute approximate surface area is 191 Å². The third-order valence-corrected chi connectivity index (χ3v) is 8.67. The van der Waals surface area contributed by atoms with E-state index in [9.17, 15) is 13.2 Å². The maximum atomic E-state index is 13.4. The molecule has 1 aromatic carbocycles. The summed E-state index contributed by atoms with van der Waals surface area (Å²) < 4.78 is 35.4. The first kappa shape index (κ1) is 22.6. The second-order valence-electron chi connectivity index (χ2n) is 8.16. The summed E-state index contributed by atoms with van der Waals surface area (Å²) in [6.45, 7) is 5.82. The molecule has 1 fully saturated rings. The lowest BCUT2D eigenvalue weighted by Gasteiger charge is -2.24. The van der Waals surface area contributed by atoms with Gasteiger partial charge in [0.25, 0.3) is 0 Å². The summed E-state index contributed by atoms with van der Waals surface area (Å²) in [5, 5.41) is 6.76. The number of hydrogen-bond acceptors (Lipinski definition) is 7. The molecule has 0 N–H and O–H groups in total. The predicted molar refractivity (Wildman–Crippen MR) is 122 cm³/mol. The lowest BCUT2D eigenvalue weighted by atomic mass is 10.1. The highest BCUT2D eigenvalue weighted by Crippen LogP contribution is 2.31. The summed E-state index contributed by atoms with van der Waals surface area (Å²) in [6.07, 6.45) is 4.65. The van der Waals surface area contributed by atoms with Crippen molar-refractivity contribution in [3.8, 4) is 10.6 Å². The van der Waals surface area contributed by atoms with Gasteiger partial charge in [-0.05, 0) is 44.7 Å². The van der Waals surface area contributed by atoms with E-state index >= 15 is 0 Å². The van der Waals surface area contributed by atoms with Crippen LogP contribution in [-0.2, 0) is 33.2 Å². The van der Waals surface area contributed by atoms with E-state index in [1.807, 2.05) is 37.7 Å². The lowest BCUT2D eigenvalue weighted by Crippen LogP contribution is -2.41. The summed E-state index contributed by atoms with van der Waals surface area (Å²) in [7, 11) is -1.98. The van der Waals surface area contributed by atoms with E-state index in [1.165, 1.54) is 15.6 Å². The average molecular weight is 475 g/mol. The molecule has 3 aromatic rings. The SMILES string of the molecule is Cc1cc(C)c(S(=O)(=O)N2CCCC2C(=O)OCc2csc(-c3cnn(C)c3)n2)c(C)c1. The second-order valence-corrected chi connectivity index (χ2v) is 10.8. The highest BCUT2D eigenvalue weighted by atomic mass is 32.2. The quantitative estimate of drug-likeness (QED) is 0.509. The van der Waals surface area contributed by atoms with Gasteiger partial charge < -0.3 is 4.74 Å². The molecule has 32 heavy (non-hydrogen) atoms. The molecule has 4 rings (SSSR count). The van der Waals surface area contributed by atoms with E-state index in [1.54, 1.807) is 24.7 Å². The molecule has 2 aromatic heterocycles. The molecular weight excluding hydrogens is 448 g/mol. The van der Waals surface area contributed by atoms with E-state index in [2.05, 4.69) is 10.1 Å². The molecule has 1 aliphatic heterocycles. The Morgan fingerprint density at radius 1 is 1.25 bits per heavy atom. The Hall–Kier alpha value is -2.56. The first-order chi connectivity index (χ1) is 15.2. The van der Waals surface area contributed by atoms with Gasteiger partial charge in [0.05, 0.1) is 16.8 Å². The second kappa shape index (κ2) is 8.76. The number of ether oxygens (including phenoxy) is 1. The summed E-state index contributed by atoms with van der Waals surface area (Å²) in [5.74, 6) is -0.538. The van der Waals surface area contributed by atoms with Crippen molar-refractivity contribution in [1.29, 1.82) is 0 Å². The topological polar surface area (TPSA) is 94.4 Å². The van der Waals surface area contributed by atoms with Crippen LogP contribution < -0.4 is 0 Å². The average Bonchev–Trinajstić information content (AvgIpc) is 3.45. The van der Waals surface area contributed by atoms with Gasteiger partial charge >= 0.3 is 5.97 Å². The Morgan fingerprint density at radius 3 is 2.62 bits per heavy atom. The van der Waals surface area contributed by atoms with Crippen molar-refractivity contribution in [3.05, 3.63) is 52.3 Å². The van der Waals surface area contributed by atoms with Crippen LogP contribution in [0.25, 0.3) is 10.6 Å². The molecule has 170 valence electrons. The first-order valence-electron chi connectivity index (χ1n) is 10.4. The maximum absolute atomic E-state index is 13.4. The minimum atomic E-state index is -3.81. The van der Waals surface area contributed by atoms with Crippen LogP contribution in [-0.4, -0.2) is 46.0 Å². The molecule has 1 atom stereocenters. The monoisotopic (exact) mass is 474 g/mol. The first-order valence-corrected chi connectivity index (χ1v) is 12.7. The number of carbonyl (C=O) groups is 1. The zero-order valence-corrected chi connectivity index (χ0v) is 20.2. The number of aromatic nitrogens is 3. The van der Waals surface area contributed by atoms with Crippen molar-refractivity contribution in [2.24, 2.45) is 7.05 Å². The summed E-state index contributed by atoms with van der Waals surface area (Å²) in [4.78, 5) is 17.6. The highest BCUT2D eigenvalue weighted by molar-refractivity contribution is 7.89. The zero-order valence-electron chi connectivity index (χ0n) is 18.5. The molecule has 0 amide bonds. The molecule has 1 saturated heterocycles. The van der Waals surface area contributed by atoms with Crippen molar-refractivity contribution in [2.45, 2.75) is 51.2 Å². The predicted octanol–water partition coefficient (Wildman–Crippen LogP) is 3.37. The van der Waals surface area contributed by atoms with Gasteiger partial charge in [-0.3, -0.25) is 9.48 Å². The van der Waals surface area contributed by atoms with Gasteiger partial charge in [0.2, 0.25) is 10.0 Å². The van der Waals surface area contributed by atoms with Crippen LogP contribution in [0.15, 0.2) is 34.8 Å². The molecule has 0 saturated carbocycles. The standard InChI is InChI=1S/C22H26N4O4S2/c1-14-8-15(2)20(16(3)9-14)32(28,29)26-7-5-6-19(26)22(27)30-12-18-13-31-21(24-18)17-10-23-25(4)11-17/h8-11,13,19H,5-7,12H2,1-4H3. The van der Waals surface area contributed by atoms with Crippen LogP contribution >= 0.6 is 11.3 Å². The molecule has 0 radical (unpaired) electrons. The van der Waals surface area contributed by atoms with Crippen molar-refractivity contribution < 1.29 is 17.9 Å². The number of aryl methyl sites for hydroxylation is 4.